The zero-order chi connectivity index (χ0) is 13.7. The topological polar surface area (TPSA) is 90.1 Å². The first-order valence-corrected chi connectivity index (χ1v) is 5.92. The molecule has 100 valence electrons. The van der Waals surface area contributed by atoms with Crippen molar-refractivity contribution in [3.63, 3.8) is 0 Å². The smallest absolute Gasteiger partial charge is 0.325 e. The number of hydrogen-bond acceptors (Lipinski definition) is 5. The molecule has 0 radical (unpaired) electrons. The van der Waals surface area contributed by atoms with Crippen LogP contribution in [0.3, 0.4) is 0 Å². The molecule has 7 heteroatoms. The lowest BCUT2D eigenvalue weighted by Gasteiger charge is -2.06. The predicted molar refractivity (Wildman–Crippen MR) is 66.7 cm³/mol. The summed E-state index contributed by atoms with van der Waals surface area (Å²) < 4.78 is 6.76. The average molecular weight is 262 g/mol. The molecule has 1 aromatic heterocycles. The lowest BCUT2D eigenvalue weighted by atomic mass is 10.2. The molecule has 0 aliphatic heterocycles. The van der Waals surface area contributed by atoms with E-state index in [0.29, 0.717) is 18.2 Å². The van der Waals surface area contributed by atoms with E-state index in [1.54, 1.807) is 6.07 Å². The van der Waals surface area contributed by atoms with Crippen molar-refractivity contribution in [2.24, 2.45) is 0 Å². The van der Waals surface area contributed by atoms with Crippen LogP contribution in [0.2, 0.25) is 0 Å². The van der Waals surface area contributed by atoms with E-state index in [1.165, 1.54) is 4.68 Å². The first-order valence-electron chi connectivity index (χ1n) is 5.92. The van der Waals surface area contributed by atoms with Gasteiger partial charge in [0.15, 0.2) is 5.82 Å². The number of rotatable bonds is 6. The minimum Gasteiger partial charge on any atom is -0.494 e. The first kappa shape index (κ1) is 13.0. The summed E-state index contributed by atoms with van der Waals surface area (Å²) in [5.74, 6) is 0.125. The Balaban J connectivity index is 2.26. The predicted octanol–water partition coefficient (Wildman–Crippen LogP) is 1.21. The summed E-state index contributed by atoms with van der Waals surface area (Å²) in [5.41, 5.74) is 0.722. The molecular weight excluding hydrogens is 248 g/mol. The first-order chi connectivity index (χ1) is 9.20. The van der Waals surface area contributed by atoms with Gasteiger partial charge in [-0.3, -0.25) is 4.79 Å². The highest BCUT2D eigenvalue weighted by Crippen LogP contribution is 2.21. The molecule has 0 fully saturated rings. The molecule has 2 rings (SSSR count). The number of tetrazole rings is 1. The largest absolute Gasteiger partial charge is 0.494 e. The molecule has 7 nitrogen and oxygen atoms in total. The monoisotopic (exact) mass is 262 g/mol. The van der Waals surface area contributed by atoms with Gasteiger partial charge < -0.3 is 9.84 Å². The van der Waals surface area contributed by atoms with Gasteiger partial charge >= 0.3 is 5.97 Å². The molecule has 19 heavy (non-hydrogen) atoms. The maximum atomic E-state index is 10.7. The van der Waals surface area contributed by atoms with E-state index in [2.05, 4.69) is 15.5 Å². The molecule has 0 saturated carbocycles. The second-order valence-electron chi connectivity index (χ2n) is 3.93. The second kappa shape index (κ2) is 5.94. The van der Waals surface area contributed by atoms with Crippen LogP contribution < -0.4 is 4.74 Å². The number of carboxylic acids is 1. The van der Waals surface area contributed by atoms with Crippen LogP contribution in [-0.2, 0) is 11.3 Å². The van der Waals surface area contributed by atoms with E-state index in [0.717, 1.165) is 12.0 Å². The summed E-state index contributed by atoms with van der Waals surface area (Å²) in [5, 5.41) is 19.8. The molecule has 0 amide bonds. The molecule has 1 N–H and O–H groups in total. The standard InChI is InChI=1S/C12H14N4O3/c1-2-6-19-10-5-3-4-9(7-10)12-13-14-15-16(12)8-11(17)18/h3-5,7H,2,6,8H2,1H3,(H,17,18). The van der Waals surface area contributed by atoms with Crippen LogP contribution in [0.25, 0.3) is 11.4 Å². The SMILES string of the molecule is CCCOc1cccc(-c2nnnn2CC(=O)O)c1. The fraction of sp³-hybridized carbons (Fsp3) is 0.333. The van der Waals surface area contributed by atoms with Gasteiger partial charge in [0.05, 0.1) is 6.61 Å². The van der Waals surface area contributed by atoms with Crippen molar-refractivity contribution < 1.29 is 14.6 Å². The molecule has 0 bridgehead atoms. The fourth-order valence-corrected chi connectivity index (χ4v) is 1.59. The highest BCUT2D eigenvalue weighted by atomic mass is 16.5. The molecule has 0 aliphatic carbocycles. The van der Waals surface area contributed by atoms with Gasteiger partial charge in [0, 0.05) is 5.56 Å². The number of hydrogen-bond donors (Lipinski definition) is 1. The van der Waals surface area contributed by atoms with Crippen molar-refractivity contribution in [3.05, 3.63) is 24.3 Å². The normalized spacial score (nSPS) is 10.4. The number of ether oxygens (including phenoxy) is 1. The van der Waals surface area contributed by atoms with E-state index < -0.39 is 5.97 Å². The van der Waals surface area contributed by atoms with Crippen molar-refractivity contribution in [1.29, 1.82) is 0 Å². The maximum Gasteiger partial charge on any atom is 0.325 e. The van der Waals surface area contributed by atoms with Crippen molar-refractivity contribution in [3.8, 4) is 17.1 Å². The van der Waals surface area contributed by atoms with Crippen LogP contribution in [0, 0.1) is 0 Å². The Bertz CT molecular complexity index is 568. The Kier molecular flexibility index (Phi) is 4.07. The number of carbonyl (C=O) groups is 1. The van der Waals surface area contributed by atoms with E-state index >= 15 is 0 Å². The maximum absolute atomic E-state index is 10.7. The average Bonchev–Trinajstić information content (AvgIpc) is 2.84. The minimum absolute atomic E-state index is 0.275. The summed E-state index contributed by atoms with van der Waals surface area (Å²) in [6.45, 7) is 2.38. The van der Waals surface area contributed by atoms with Gasteiger partial charge in [-0.25, -0.2) is 4.68 Å². The number of aromatic nitrogens is 4. The summed E-state index contributed by atoms with van der Waals surface area (Å²) in [7, 11) is 0. The van der Waals surface area contributed by atoms with Gasteiger partial charge in [-0.15, -0.1) is 5.10 Å². The van der Waals surface area contributed by atoms with Gasteiger partial charge in [0.25, 0.3) is 0 Å². The van der Waals surface area contributed by atoms with Crippen molar-refractivity contribution in [2.45, 2.75) is 19.9 Å². The molecule has 1 aromatic carbocycles. The highest BCUT2D eigenvalue weighted by molar-refractivity contribution is 5.67. The summed E-state index contributed by atoms with van der Waals surface area (Å²) >= 11 is 0. The van der Waals surface area contributed by atoms with Gasteiger partial charge in [-0.05, 0) is 29.0 Å². The lowest BCUT2D eigenvalue weighted by molar-refractivity contribution is -0.137. The van der Waals surface area contributed by atoms with E-state index in [1.807, 2.05) is 25.1 Å². The van der Waals surface area contributed by atoms with Crippen LogP contribution in [-0.4, -0.2) is 37.9 Å². The number of carboxylic acid groups (broad SMARTS) is 1. The molecule has 0 unspecified atom stereocenters. The third-order valence-electron chi connectivity index (χ3n) is 2.38. The van der Waals surface area contributed by atoms with Gasteiger partial charge in [-0.2, -0.15) is 0 Å². The summed E-state index contributed by atoms with van der Waals surface area (Å²) in [6, 6.07) is 7.26. The van der Waals surface area contributed by atoms with Crippen LogP contribution >= 0.6 is 0 Å². The zero-order valence-electron chi connectivity index (χ0n) is 10.5. The fourth-order valence-electron chi connectivity index (χ4n) is 1.59. The van der Waals surface area contributed by atoms with Crippen molar-refractivity contribution in [2.75, 3.05) is 6.61 Å². The van der Waals surface area contributed by atoms with Crippen LogP contribution in [0.1, 0.15) is 13.3 Å². The van der Waals surface area contributed by atoms with Crippen LogP contribution in [0.4, 0.5) is 0 Å². The van der Waals surface area contributed by atoms with E-state index in [9.17, 15) is 4.79 Å². The zero-order valence-corrected chi connectivity index (χ0v) is 10.5. The minimum atomic E-state index is -0.994. The van der Waals surface area contributed by atoms with E-state index in [4.69, 9.17) is 9.84 Å². The summed E-state index contributed by atoms with van der Waals surface area (Å²) in [6.07, 6.45) is 0.918. The molecular formula is C12H14N4O3. The lowest BCUT2D eigenvalue weighted by Crippen LogP contribution is -2.11. The van der Waals surface area contributed by atoms with Crippen molar-refractivity contribution in [1.82, 2.24) is 20.2 Å². The quantitative estimate of drug-likeness (QED) is 0.841. The van der Waals surface area contributed by atoms with Crippen molar-refractivity contribution >= 4 is 5.97 Å². The number of aliphatic carboxylic acids is 1. The Labute approximate surface area is 109 Å². The highest BCUT2D eigenvalue weighted by Gasteiger charge is 2.12. The van der Waals surface area contributed by atoms with Gasteiger partial charge in [-0.1, -0.05) is 19.1 Å². The molecule has 1 heterocycles. The Morgan fingerprint density at radius 2 is 2.32 bits per heavy atom. The van der Waals surface area contributed by atoms with E-state index in [-0.39, 0.29) is 6.54 Å². The second-order valence-corrected chi connectivity index (χ2v) is 3.93. The number of benzene rings is 1. The van der Waals surface area contributed by atoms with Crippen LogP contribution in [0.15, 0.2) is 24.3 Å². The Hall–Kier alpha value is -2.44. The molecule has 0 aliphatic rings. The molecule has 0 saturated heterocycles. The third-order valence-corrected chi connectivity index (χ3v) is 2.38. The van der Waals surface area contributed by atoms with Crippen LogP contribution in [0.5, 0.6) is 5.75 Å². The van der Waals surface area contributed by atoms with Gasteiger partial charge in [0.2, 0.25) is 0 Å². The Morgan fingerprint density at radius 3 is 3.05 bits per heavy atom. The number of nitrogens with zero attached hydrogens (tertiary/aromatic N) is 4. The third kappa shape index (κ3) is 3.27. The molecule has 2 aromatic rings. The molecule has 0 spiro atoms. The Morgan fingerprint density at radius 1 is 1.47 bits per heavy atom. The van der Waals surface area contributed by atoms with Gasteiger partial charge in [0.1, 0.15) is 12.3 Å². The summed E-state index contributed by atoms with van der Waals surface area (Å²) in [4.78, 5) is 10.7. The molecule has 0 atom stereocenters.